The zero-order valence-electron chi connectivity index (χ0n) is 12.9. The number of nitrogens with one attached hydrogen (secondary N) is 2. The Hall–Kier alpha value is -3.13. The molecule has 0 atom stereocenters. The number of benzene rings is 2. The minimum Gasteiger partial charge on any atom is -0.339 e. The molecule has 0 saturated carbocycles. The first-order chi connectivity index (χ1) is 12.4. The molecule has 0 spiro atoms. The summed E-state index contributed by atoms with van der Waals surface area (Å²) >= 11 is 5.68. The summed E-state index contributed by atoms with van der Waals surface area (Å²) in [6.07, 6.45) is 2.37. The van der Waals surface area contributed by atoms with Crippen LogP contribution in [0.3, 0.4) is 0 Å². The summed E-state index contributed by atoms with van der Waals surface area (Å²) in [5.74, 6) is -2.93. The first kappa shape index (κ1) is 17.7. The maximum atomic E-state index is 13.6. The average Bonchev–Trinajstić information content (AvgIpc) is 2.62. The molecule has 1 aromatic heterocycles. The fourth-order valence-corrected chi connectivity index (χ4v) is 2.21. The van der Waals surface area contributed by atoms with Crippen LogP contribution in [-0.4, -0.2) is 15.9 Å². The van der Waals surface area contributed by atoms with Crippen LogP contribution < -0.4 is 10.6 Å². The van der Waals surface area contributed by atoms with Gasteiger partial charge >= 0.3 is 0 Å². The lowest BCUT2D eigenvalue weighted by atomic mass is 10.2. The van der Waals surface area contributed by atoms with E-state index in [1.807, 2.05) is 0 Å². The van der Waals surface area contributed by atoms with Gasteiger partial charge in [-0.25, -0.2) is 23.1 Å². The third kappa shape index (κ3) is 3.92. The van der Waals surface area contributed by atoms with Crippen molar-refractivity contribution in [3.05, 3.63) is 77.0 Å². The van der Waals surface area contributed by atoms with Crippen LogP contribution in [0.5, 0.6) is 0 Å². The molecule has 26 heavy (non-hydrogen) atoms. The van der Waals surface area contributed by atoms with Crippen LogP contribution in [0.4, 0.5) is 30.4 Å². The number of anilines is 3. The Morgan fingerprint density at radius 2 is 1.69 bits per heavy atom. The normalized spacial score (nSPS) is 10.5. The molecule has 1 amide bonds. The summed E-state index contributed by atoms with van der Waals surface area (Å²) in [5, 5.41) is 4.87. The standard InChI is InChI=1S/C17H10ClF3N4O/c18-10-6-9(4-5-11(10)19)24-15-8-22-14(7-23-15)17(26)25-16-12(20)2-1-3-13(16)21/h1-8H,(H,23,24)(H,25,26). The van der Waals surface area contributed by atoms with Gasteiger partial charge in [0.25, 0.3) is 5.91 Å². The molecule has 2 N–H and O–H groups in total. The molecule has 0 bridgehead atoms. The SMILES string of the molecule is O=C(Nc1c(F)cccc1F)c1cnc(Nc2ccc(F)c(Cl)c2)cn1. The average molecular weight is 379 g/mol. The maximum absolute atomic E-state index is 13.6. The molecule has 0 aliphatic rings. The molecule has 0 saturated heterocycles. The van der Waals surface area contributed by atoms with Gasteiger partial charge in [-0.1, -0.05) is 17.7 Å². The second-order valence-corrected chi connectivity index (χ2v) is 5.50. The van der Waals surface area contributed by atoms with E-state index in [2.05, 4.69) is 20.6 Å². The van der Waals surface area contributed by atoms with Gasteiger partial charge in [0.15, 0.2) is 0 Å². The minimum atomic E-state index is -0.905. The Morgan fingerprint density at radius 3 is 2.31 bits per heavy atom. The van der Waals surface area contributed by atoms with E-state index < -0.39 is 29.0 Å². The molecule has 3 aromatic rings. The Morgan fingerprint density at radius 1 is 0.962 bits per heavy atom. The molecule has 132 valence electrons. The van der Waals surface area contributed by atoms with Crippen molar-refractivity contribution in [3.63, 3.8) is 0 Å². The number of para-hydroxylation sites is 1. The number of hydrogen-bond donors (Lipinski definition) is 2. The highest BCUT2D eigenvalue weighted by atomic mass is 35.5. The van der Waals surface area contributed by atoms with Gasteiger partial charge in [0.2, 0.25) is 0 Å². The zero-order chi connectivity index (χ0) is 18.7. The van der Waals surface area contributed by atoms with Crippen LogP contribution in [0.2, 0.25) is 5.02 Å². The van der Waals surface area contributed by atoms with Crippen molar-refractivity contribution in [1.29, 1.82) is 0 Å². The van der Waals surface area contributed by atoms with Crippen molar-refractivity contribution in [1.82, 2.24) is 9.97 Å². The lowest BCUT2D eigenvalue weighted by Gasteiger charge is -2.08. The van der Waals surface area contributed by atoms with Crippen LogP contribution in [0.25, 0.3) is 0 Å². The highest BCUT2D eigenvalue weighted by Crippen LogP contribution is 2.22. The lowest BCUT2D eigenvalue weighted by Crippen LogP contribution is -2.16. The molecule has 5 nitrogen and oxygen atoms in total. The maximum Gasteiger partial charge on any atom is 0.276 e. The molecule has 1 heterocycles. The monoisotopic (exact) mass is 378 g/mol. The van der Waals surface area contributed by atoms with Gasteiger partial charge in [-0.05, 0) is 30.3 Å². The second-order valence-electron chi connectivity index (χ2n) is 5.09. The minimum absolute atomic E-state index is 0.0640. The van der Waals surface area contributed by atoms with Gasteiger partial charge in [0.05, 0.1) is 17.4 Å². The van der Waals surface area contributed by atoms with Crippen molar-refractivity contribution in [2.45, 2.75) is 0 Å². The topological polar surface area (TPSA) is 66.9 Å². The molecule has 0 radical (unpaired) electrons. The highest BCUT2D eigenvalue weighted by Gasteiger charge is 2.14. The Labute approximate surface area is 150 Å². The van der Waals surface area contributed by atoms with Crippen LogP contribution in [0.1, 0.15) is 10.5 Å². The molecule has 0 fully saturated rings. The predicted molar refractivity (Wildman–Crippen MR) is 91.0 cm³/mol. The van der Waals surface area contributed by atoms with Crippen molar-refractivity contribution in [3.8, 4) is 0 Å². The number of hydrogen-bond acceptors (Lipinski definition) is 4. The summed E-state index contributed by atoms with van der Waals surface area (Å²) in [6.45, 7) is 0. The number of halogens is 4. The van der Waals surface area contributed by atoms with E-state index in [1.54, 1.807) is 0 Å². The number of carbonyl (C=O) groups is 1. The molecular weight excluding hydrogens is 369 g/mol. The van der Waals surface area contributed by atoms with Crippen molar-refractivity contribution in [2.75, 3.05) is 10.6 Å². The molecular formula is C17H10ClF3N4O. The van der Waals surface area contributed by atoms with E-state index >= 15 is 0 Å². The number of aromatic nitrogens is 2. The van der Waals surface area contributed by atoms with Gasteiger partial charge in [0, 0.05) is 5.69 Å². The quantitative estimate of drug-likeness (QED) is 0.699. The highest BCUT2D eigenvalue weighted by molar-refractivity contribution is 6.31. The van der Waals surface area contributed by atoms with E-state index in [0.717, 1.165) is 18.3 Å². The van der Waals surface area contributed by atoms with E-state index in [0.29, 0.717) is 5.69 Å². The molecule has 0 aliphatic carbocycles. The van der Waals surface area contributed by atoms with Crippen molar-refractivity contribution >= 4 is 34.7 Å². The Kier molecular flexibility index (Phi) is 5.04. The summed E-state index contributed by atoms with van der Waals surface area (Å²) in [4.78, 5) is 19.9. The smallest absolute Gasteiger partial charge is 0.276 e. The fraction of sp³-hybridized carbons (Fsp3) is 0. The Balaban J connectivity index is 1.72. The van der Waals surface area contributed by atoms with Gasteiger partial charge in [-0.15, -0.1) is 0 Å². The fourth-order valence-electron chi connectivity index (χ4n) is 2.03. The van der Waals surface area contributed by atoms with E-state index in [4.69, 9.17) is 11.6 Å². The molecule has 0 aliphatic heterocycles. The van der Waals surface area contributed by atoms with E-state index in [-0.39, 0.29) is 16.5 Å². The van der Waals surface area contributed by atoms with Gasteiger partial charge in [-0.3, -0.25) is 4.79 Å². The van der Waals surface area contributed by atoms with Gasteiger partial charge in [-0.2, -0.15) is 0 Å². The third-order valence-corrected chi connectivity index (χ3v) is 3.57. The van der Waals surface area contributed by atoms with Gasteiger partial charge in [0.1, 0.15) is 34.7 Å². The van der Waals surface area contributed by atoms with Crippen molar-refractivity contribution in [2.24, 2.45) is 0 Å². The molecule has 2 aromatic carbocycles. The zero-order valence-corrected chi connectivity index (χ0v) is 13.7. The van der Waals surface area contributed by atoms with Crippen LogP contribution in [0.15, 0.2) is 48.8 Å². The number of nitrogens with zero attached hydrogens (tertiary/aromatic N) is 2. The summed E-state index contributed by atoms with van der Waals surface area (Å²) < 4.78 is 40.2. The van der Waals surface area contributed by atoms with Crippen LogP contribution >= 0.6 is 11.6 Å². The number of carbonyl (C=O) groups excluding carboxylic acids is 1. The molecule has 0 unspecified atom stereocenters. The third-order valence-electron chi connectivity index (χ3n) is 3.28. The Bertz CT molecular complexity index is 946. The van der Waals surface area contributed by atoms with Gasteiger partial charge < -0.3 is 10.6 Å². The second kappa shape index (κ2) is 7.40. The van der Waals surface area contributed by atoms with E-state index in [9.17, 15) is 18.0 Å². The first-order valence-electron chi connectivity index (χ1n) is 7.23. The van der Waals surface area contributed by atoms with Crippen LogP contribution in [-0.2, 0) is 0 Å². The molecule has 3 rings (SSSR count). The van der Waals surface area contributed by atoms with E-state index in [1.165, 1.54) is 30.5 Å². The van der Waals surface area contributed by atoms with Crippen LogP contribution in [0, 0.1) is 17.5 Å². The summed E-state index contributed by atoms with van der Waals surface area (Å²) in [6, 6.07) is 7.21. The number of amides is 1. The molecule has 9 heteroatoms. The summed E-state index contributed by atoms with van der Waals surface area (Å²) in [5.41, 5.74) is -0.242. The first-order valence-corrected chi connectivity index (χ1v) is 7.61. The van der Waals surface area contributed by atoms with Crippen molar-refractivity contribution < 1.29 is 18.0 Å². The lowest BCUT2D eigenvalue weighted by molar-refractivity contribution is 0.102. The summed E-state index contributed by atoms with van der Waals surface area (Å²) in [7, 11) is 0. The predicted octanol–water partition coefficient (Wildman–Crippen LogP) is 4.54. The number of rotatable bonds is 4. The largest absolute Gasteiger partial charge is 0.339 e.